The Morgan fingerprint density at radius 3 is 2.57 bits per heavy atom. The van der Waals surface area contributed by atoms with Gasteiger partial charge in [0.15, 0.2) is 0 Å². The van der Waals surface area contributed by atoms with Crippen molar-refractivity contribution in [3.05, 3.63) is 70.5 Å². The van der Waals surface area contributed by atoms with Crippen molar-refractivity contribution in [2.75, 3.05) is 13.7 Å². The van der Waals surface area contributed by atoms with Crippen LogP contribution in [-0.2, 0) is 9.59 Å². The van der Waals surface area contributed by atoms with Gasteiger partial charge in [-0.25, -0.2) is 4.39 Å². The number of unbranched alkanes of at least 4 members (excludes halogenated alkanes) is 2. The van der Waals surface area contributed by atoms with Crippen molar-refractivity contribution in [2.24, 2.45) is 0 Å². The molecule has 0 bridgehead atoms. The molecule has 6 heteroatoms. The van der Waals surface area contributed by atoms with E-state index in [4.69, 9.17) is 4.74 Å². The Morgan fingerprint density at radius 2 is 1.90 bits per heavy atom. The van der Waals surface area contributed by atoms with Crippen LogP contribution < -0.4 is 4.74 Å². The molecule has 1 atom stereocenters. The first-order chi connectivity index (χ1) is 14.4. The molecule has 2 aromatic rings. The van der Waals surface area contributed by atoms with Crippen molar-refractivity contribution >= 4 is 17.4 Å². The second-order valence-corrected chi connectivity index (χ2v) is 7.42. The topological polar surface area (TPSA) is 66.8 Å². The average Bonchev–Trinajstić information content (AvgIpc) is 2.98. The van der Waals surface area contributed by atoms with E-state index < -0.39 is 23.5 Å². The van der Waals surface area contributed by atoms with Crippen molar-refractivity contribution in [3.63, 3.8) is 0 Å². The SMILES string of the molecule is CCCCCN1C(=O)C(=O)/C(=C(/O)c2cc(C)ccc2OC)C1c1ccccc1F. The predicted octanol–water partition coefficient (Wildman–Crippen LogP) is 4.75. The molecule has 1 amide bonds. The number of ketones is 1. The van der Waals surface area contributed by atoms with Crippen molar-refractivity contribution in [2.45, 2.75) is 39.2 Å². The maximum Gasteiger partial charge on any atom is 0.295 e. The summed E-state index contributed by atoms with van der Waals surface area (Å²) in [5.41, 5.74) is 1.20. The van der Waals surface area contributed by atoms with Gasteiger partial charge in [-0.15, -0.1) is 0 Å². The number of ether oxygens (including phenoxy) is 1. The summed E-state index contributed by atoms with van der Waals surface area (Å²) in [5, 5.41) is 11.1. The molecule has 0 radical (unpaired) electrons. The van der Waals surface area contributed by atoms with Gasteiger partial charge in [0, 0.05) is 12.1 Å². The molecule has 1 N–H and O–H groups in total. The Labute approximate surface area is 175 Å². The van der Waals surface area contributed by atoms with Gasteiger partial charge in [-0.1, -0.05) is 49.6 Å². The van der Waals surface area contributed by atoms with Crippen molar-refractivity contribution in [1.82, 2.24) is 4.90 Å². The van der Waals surface area contributed by atoms with E-state index in [2.05, 4.69) is 0 Å². The number of halogens is 1. The van der Waals surface area contributed by atoms with Crippen LogP contribution in [0.25, 0.3) is 5.76 Å². The van der Waals surface area contributed by atoms with Crippen LogP contribution in [0.4, 0.5) is 4.39 Å². The average molecular weight is 411 g/mol. The lowest BCUT2D eigenvalue weighted by atomic mass is 9.94. The number of methoxy groups -OCH3 is 1. The standard InChI is InChI=1S/C24H26FNO4/c1-4-5-8-13-26-21(16-9-6-7-10-18(16)25)20(23(28)24(26)29)22(27)17-14-15(2)11-12-19(17)30-3/h6-7,9-12,14,21,27H,4-5,8,13H2,1-3H3/b22-20+. The number of carbonyl (C=O) groups excluding carboxylic acids is 2. The van der Waals surface area contributed by atoms with Crippen molar-refractivity contribution in [1.29, 1.82) is 0 Å². The zero-order valence-electron chi connectivity index (χ0n) is 17.4. The van der Waals surface area contributed by atoms with Crippen molar-refractivity contribution in [3.8, 4) is 5.75 Å². The predicted molar refractivity (Wildman–Crippen MR) is 113 cm³/mol. The molecule has 1 unspecified atom stereocenters. The normalized spacial score (nSPS) is 18.1. The zero-order valence-corrected chi connectivity index (χ0v) is 17.4. The molecule has 0 aromatic heterocycles. The monoisotopic (exact) mass is 411 g/mol. The lowest BCUT2D eigenvalue weighted by molar-refractivity contribution is -0.139. The Kier molecular flexibility index (Phi) is 6.55. The molecule has 1 fully saturated rings. The molecular weight excluding hydrogens is 385 g/mol. The van der Waals surface area contributed by atoms with Crippen LogP contribution in [-0.4, -0.2) is 35.4 Å². The summed E-state index contributed by atoms with van der Waals surface area (Å²) < 4.78 is 20.1. The molecule has 3 rings (SSSR count). The number of aryl methyl sites for hydroxylation is 1. The first-order valence-electron chi connectivity index (χ1n) is 10.1. The van der Waals surface area contributed by atoms with Crippen LogP contribution in [0, 0.1) is 12.7 Å². The molecule has 0 saturated carbocycles. The summed E-state index contributed by atoms with van der Waals surface area (Å²) in [4.78, 5) is 27.2. The Morgan fingerprint density at radius 1 is 1.17 bits per heavy atom. The minimum Gasteiger partial charge on any atom is -0.507 e. The van der Waals surface area contributed by atoms with Crippen LogP contribution in [0.2, 0.25) is 0 Å². The van der Waals surface area contributed by atoms with Crippen LogP contribution in [0.3, 0.4) is 0 Å². The number of aliphatic hydroxyl groups excluding tert-OH is 1. The Bertz CT molecular complexity index is 998. The van der Waals surface area contributed by atoms with Gasteiger partial charge in [0.1, 0.15) is 17.3 Å². The number of benzene rings is 2. The van der Waals surface area contributed by atoms with Crippen LogP contribution >= 0.6 is 0 Å². The molecule has 30 heavy (non-hydrogen) atoms. The van der Waals surface area contributed by atoms with E-state index in [0.717, 1.165) is 18.4 Å². The third-order valence-electron chi connectivity index (χ3n) is 5.35. The fourth-order valence-corrected chi connectivity index (χ4v) is 3.81. The third kappa shape index (κ3) is 3.95. The lowest BCUT2D eigenvalue weighted by Gasteiger charge is -2.25. The van der Waals surface area contributed by atoms with Crippen LogP contribution in [0.15, 0.2) is 48.0 Å². The van der Waals surface area contributed by atoms with E-state index >= 15 is 0 Å². The van der Waals surface area contributed by atoms with Gasteiger partial charge in [0.2, 0.25) is 0 Å². The summed E-state index contributed by atoms with van der Waals surface area (Å²) >= 11 is 0. The highest BCUT2D eigenvalue weighted by Gasteiger charge is 2.46. The maximum absolute atomic E-state index is 14.7. The summed E-state index contributed by atoms with van der Waals surface area (Å²) in [6.07, 6.45) is 2.50. The summed E-state index contributed by atoms with van der Waals surface area (Å²) in [7, 11) is 1.46. The number of Topliss-reactive ketones (excluding diaryl/α,β-unsaturated/α-hetero) is 1. The minimum atomic E-state index is -0.992. The molecule has 5 nitrogen and oxygen atoms in total. The Hall–Kier alpha value is -3.15. The van der Waals surface area contributed by atoms with Crippen molar-refractivity contribution < 1.29 is 23.8 Å². The molecule has 2 aromatic carbocycles. The molecule has 1 aliphatic heterocycles. The van der Waals surface area contributed by atoms with Gasteiger partial charge in [-0.2, -0.15) is 0 Å². The van der Waals surface area contributed by atoms with E-state index in [9.17, 15) is 19.1 Å². The second-order valence-electron chi connectivity index (χ2n) is 7.42. The highest BCUT2D eigenvalue weighted by molar-refractivity contribution is 6.46. The van der Waals surface area contributed by atoms with E-state index in [1.54, 1.807) is 30.3 Å². The van der Waals surface area contributed by atoms with Gasteiger partial charge in [-0.3, -0.25) is 9.59 Å². The number of likely N-dealkylation sites (tertiary alicyclic amines) is 1. The molecule has 1 aliphatic rings. The summed E-state index contributed by atoms with van der Waals surface area (Å²) in [5.74, 6) is -2.08. The molecule has 0 spiro atoms. The first-order valence-corrected chi connectivity index (χ1v) is 10.1. The number of hydrogen-bond donors (Lipinski definition) is 1. The van der Waals surface area contributed by atoms with Crippen LogP contribution in [0.5, 0.6) is 5.75 Å². The number of amides is 1. The van der Waals surface area contributed by atoms with E-state index in [1.165, 1.54) is 18.1 Å². The molecule has 0 aliphatic carbocycles. The van der Waals surface area contributed by atoms with Gasteiger partial charge in [-0.05, 0) is 31.5 Å². The quantitative estimate of drug-likeness (QED) is 0.309. The Balaban J connectivity index is 2.21. The highest BCUT2D eigenvalue weighted by atomic mass is 19.1. The fraction of sp³-hybridized carbons (Fsp3) is 0.333. The molecule has 1 saturated heterocycles. The third-order valence-corrected chi connectivity index (χ3v) is 5.35. The number of aliphatic hydroxyl groups is 1. The second kappa shape index (κ2) is 9.11. The number of rotatable bonds is 7. The molecule has 158 valence electrons. The minimum absolute atomic E-state index is 0.120. The van der Waals surface area contributed by atoms with Crippen LogP contribution in [0.1, 0.15) is 48.9 Å². The molecular formula is C24H26FNO4. The molecule has 1 heterocycles. The van der Waals surface area contributed by atoms with Gasteiger partial charge < -0.3 is 14.7 Å². The van der Waals surface area contributed by atoms with E-state index in [-0.39, 0.29) is 16.9 Å². The number of hydrogen-bond acceptors (Lipinski definition) is 4. The first kappa shape index (κ1) is 21.6. The van der Waals surface area contributed by atoms with E-state index in [0.29, 0.717) is 24.3 Å². The largest absolute Gasteiger partial charge is 0.507 e. The fourth-order valence-electron chi connectivity index (χ4n) is 3.81. The number of carbonyl (C=O) groups is 2. The number of nitrogens with zero attached hydrogens (tertiary/aromatic N) is 1. The summed E-state index contributed by atoms with van der Waals surface area (Å²) in [6, 6.07) is 10.2. The van der Waals surface area contributed by atoms with Gasteiger partial charge in [0.25, 0.3) is 11.7 Å². The maximum atomic E-state index is 14.7. The highest BCUT2D eigenvalue weighted by Crippen LogP contribution is 2.41. The lowest BCUT2D eigenvalue weighted by Crippen LogP contribution is -2.31. The van der Waals surface area contributed by atoms with Gasteiger partial charge in [0.05, 0.1) is 24.3 Å². The summed E-state index contributed by atoms with van der Waals surface area (Å²) in [6.45, 7) is 4.18. The smallest absolute Gasteiger partial charge is 0.295 e. The van der Waals surface area contributed by atoms with Gasteiger partial charge >= 0.3 is 0 Å². The van der Waals surface area contributed by atoms with E-state index in [1.807, 2.05) is 19.9 Å². The zero-order chi connectivity index (χ0) is 21.8.